The van der Waals surface area contributed by atoms with Crippen molar-refractivity contribution in [3.63, 3.8) is 0 Å². The van der Waals surface area contributed by atoms with Gasteiger partial charge in [-0.25, -0.2) is 4.79 Å². The molecule has 0 aromatic heterocycles. The number of ether oxygens (including phenoxy) is 2. The molecule has 12 nitrogen and oxygen atoms in total. The van der Waals surface area contributed by atoms with Gasteiger partial charge < -0.3 is 14.6 Å². The van der Waals surface area contributed by atoms with Crippen molar-refractivity contribution in [1.82, 2.24) is 9.80 Å². The normalized spacial score (nSPS) is 14.4. The average molecular weight is 523 g/mol. The van der Waals surface area contributed by atoms with Gasteiger partial charge in [-0.05, 0) is 31.6 Å². The van der Waals surface area contributed by atoms with E-state index in [1.165, 1.54) is 29.2 Å². The van der Waals surface area contributed by atoms with Crippen molar-refractivity contribution in [2.45, 2.75) is 65.2 Å². The molecule has 2 rings (SSSR count). The highest BCUT2D eigenvalue weighted by Crippen LogP contribution is 2.09. The lowest BCUT2D eigenvalue weighted by Crippen LogP contribution is -2.30. The zero-order chi connectivity index (χ0) is 27.8. The average Bonchev–Trinajstić information content (AvgIpc) is 3.32. The molecule has 37 heavy (non-hydrogen) atoms. The fourth-order valence-corrected chi connectivity index (χ4v) is 3.15. The number of hydrogen-bond donors (Lipinski definition) is 1. The van der Waals surface area contributed by atoms with Crippen LogP contribution in [0.4, 0.5) is 4.79 Å². The second-order valence-electron chi connectivity index (χ2n) is 8.77. The molecule has 0 aromatic carbocycles. The Labute approximate surface area is 215 Å². The molecule has 0 radical (unpaired) electrons. The maximum atomic E-state index is 11.4. The predicted molar refractivity (Wildman–Crippen MR) is 129 cm³/mol. The molecule has 0 aromatic rings. The van der Waals surface area contributed by atoms with Gasteiger partial charge in [-0.3, -0.25) is 38.6 Å². The molecule has 0 atom stereocenters. The summed E-state index contributed by atoms with van der Waals surface area (Å²) in [6, 6.07) is 0. The third kappa shape index (κ3) is 13.2. The van der Waals surface area contributed by atoms with Crippen molar-refractivity contribution < 1.29 is 48.1 Å². The van der Waals surface area contributed by atoms with E-state index in [2.05, 4.69) is 4.74 Å². The topological polar surface area (TPSA) is 165 Å². The summed E-state index contributed by atoms with van der Waals surface area (Å²) in [7, 11) is 0. The number of carboxylic acids is 1. The summed E-state index contributed by atoms with van der Waals surface area (Å²) in [5, 5.41) is 8.38. The molecule has 4 amide bonds. The predicted octanol–water partition coefficient (Wildman–Crippen LogP) is 2.36. The number of esters is 1. The Kier molecular flexibility index (Phi) is 14.1. The zero-order valence-corrected chi connectivity index (χ0v) is 21.2. The lowest BCUT2D eigenvalue weighted by atomic mass is 10.2. The van der Waals surface area contributed by atoms with E-state index in [4.69, 9.17) is 9.84 Å². The summed E-state index contributed by atoms with van der Waals surface area (Å²) >= 11 is 0. The lowest BCUT2D eigenvalue weighted by Gasteiger charge is -2.12. The van der Waals surface area contributed by atoms with E-state index in [-0.39, 0.29) is 49.0 Å². The van der Waals surface area contributed by atoms with Crippen molar-refractivity contribution in [2.75, 3.05) is 19.7 Å². The highest BCUT2D eigenvalue weighted by molar-refractivity contribution is 6.13. The first-order valence-electron chi connectivity index (χ1n) is 12.2. The Morgan fingerprint density at radius 1 is 0.730 bits per heavy atom. The Hall–Kier alpha value is -3.83. The van der Waals surface area contributed by atoms with E-state index in [9.17, 15) is 33.6 Å². The van der Waals surface area contributed by atoms with E-state index in [1.807, 2.05) is 13.8 Å². The number of amides is 4. The van der Waals surface area contributed by atoms with Gasteiger partial charge >= 0.3 is 18.1 Å². The molecular formula is C25H34N2O10. The first kappa shape index (κ1) is 31.2. The number of carbonyl (C=O) groups excluding carboxylic acids is 6. The van der Waals surface area contributed by atoms with Gasteiger partial charge in [0.1, 0.15) is 0 Å². The van der Waals surface area contributed by atoms with Gasteiger partial charge in [-0.15, -0.1) is 0 Å². The number of unbranched alkanes of at least 4 members (excludes halogenated alkanes) is 4. The number of rotatable bonds is 14. The first-order chi connectivity index (χ1) is 17.5. The van der Waals surface area contributed by atoms with Gasteiger partial charge in [0.2, 0.25) is 0 Å². The molecule has 0 bridgehead atoms. The Bertz CT molecular complexity index is 886. The molecule has 2 aliphatic heterocycles. The minimum Gasteiger partial charge on any atom is -0.481 e. The maximum absolute atomic E-state index is 11.4. The molecule has 0 saturated heterocycles. The Morgan fingerprint density at radius 2 is 1.16 bits per heavy atom. The molecule has 1 N–H and O–H groups in total. The maximum Gasteiger partial charge on any atom is 0.516 e. The monoisotopic (exact) mass is 522 g/mol. The summed E-state index contributed by atoms with van der Waals surface area (Å²) in [4.78, 5) is 79.7. The molecular weight excluding hydrogens is 488 g/mol. The highest BCUT2D eigenvalue weighted by Gasteiger charge is 2.23. The van der Waals surface area contributed by atoms with Crippen LogP contribution in [-0.4, -0.2) is 76.3 Å². The molecule has 2 aliphatic rings. The van der Waals surface area contributed by atoms with Crippen LogP contribution in [0, 0.1) is 5.92 Å². The highest BCUT2D eigenvalue weighted by atomic mass is 16.7. The van der Waals surface area contributed by atoms with Gasteiger partial charge in [0.15, 0.2) is 0 Å². The van der Waals surface area contributed by atoms with Crippen molar-refractivity contribution in [2.24, 2.45) is 5.92 Å². The molecule has 0 fully saturated rings. The third-order valence-corrected chi connectivity index (χ3v) is 5.07. The SMILES string of the molecule is CC(C)COC(=O)OC(=O)CCCCCN1C(=O)C=CC1=O.O=C(O)CCCCCN1C(=O)C=CC1=O. The summed E-state index contributed by atoms with van der Waals surface area (Å²) in [6.07, 6.45) is 7.95. The number of imide groups is 2. The van der Waals surface area contributed by atoms with Gasteiger partial charge in [0.25, 0.3) is 23.6 Å². The minimum absolute atomic E-state index is 0.0942. The molecule has 0 aliphatic carbocycles. The number of carbonyl (C=O) groups is 7. The molecule has 2 heterocycles. The standard InChI is InChI=1S/C15H21NO6.C10H13NO4/c1-11(2)10-21-15(20)22-14(19)6-4-3-5-9-16-12(17)7-8-13(16)18;12-8-5-6-9(13)11(8)7-3-1-2-4-10(14)15/h7-8,11H,3-6,9-10H2,1-2H3;5-6H,1-4,7H2,(H,14,15). The van der Waals surface area contributed by atoms with Crippen LogP contribution in [0.1, 0.15) is 65.2 Å². The summed E-state index contributed by atoms with van der Waals surface area (Å²) in [5.41, 5.74) is 0. The number of nitrogens with zero attached hydrogens (tertiary/aromatic N) is 2. The van der Waals surface area contributed by atoms with Crippen LogP contribution in [0.15, 0.2) is 24.3 Å². The fourth-order valence-electron chi connectivity index (χ4n) is 3.15. The Morgan fingerprint density at radius 3 is 1.57 bits per heavy atom. The van der Waals surface area contributed by atoms with Crippen molar-refractivity contribution >= 4 is 41.7 Å². The van der Waals surface area contributed by atoms with Crippen LogP contribution in [-0.2, 0) is 38.2 Å². The molecule has 12 heteroatoms. The number of hydrogen-bond acceptors (Lipinski definition) is 9. The van der Waals surface area contributed by atoms with Crippen LogP contribution < -0.4 is 0 Å². The number of aliphatic carboxylic acids is 1. The lowest BCUT2D eigenvalue weighted by molar-refractivity contribution is -0.141. The van der Waals surface area contributed by atoms with Gasteiger partial charge in [-0.2, -0.15) is 0 Å². The van der Waals surface area contributed by atoms with Crippen molar-refractivity contribution in [3.05, 3.63) is 24.3 Å². The first-order valence-corrected chi connectivity index (χ1v) is 12.2. The van der Waals surface area contributed by atoms with Crippen molar-refractivity contribution in [1.29, 1.82) is 0 Å². The minimum atomic E-state index is -0.974. The van der Waals surface area contributed by atoms with E-state index in [0.717, 1.165) is 4.90 Å². The third-order valence-electron chi connectivity index (χ3n) is 5.07. The molecule has 204 valence electrons. The van der Waals surface area contributed by atoms with E-state index >= 15 is 0 Å². The second-order valence-corrected chi connectivity index (χ2v) is 8.77. The Balaban J connectivity index is 0.000000397. The van der Waals surface area contributed by atoms with Crippen LogP contribution >= 0.6 is 0 Å². The van der Waals surface area contributed by atoms with Crippen LogP contribution in [0.25, 0.3) is 0 Å². The van der Waals surface area contributed by atoms with Crippen LogP contribution in [0.3, 0.4) is 0 Å². The summed E-state index contributed by atoms with van der Waals surface area (Å²) < 4.78 is 9.21. The van der Waals surface area contributed by atoms with Crippen molar-refractivity contribution in [3.8, 4) is 0 Å². The van der Waals surface area contributed by atoms with E-state index < -0.39 is 18.1 Å². The summed E-state index contributed by atoms with van der Waals surface area (Å²) in [6.45, 7) is 4.67. The smallest absolute Gasteiger partial charge is 0.481 e. The van der Waals surface area contributed by atoms with Gasteiger partial charge in [-0.1, -0.05) is 26.7 Å². The quantitative estimate of drug-likeness (QED) is 0.155. The van der Waals surface area contributed by atoms with Gasteiger partial charge in [0.05, 0.1) is 6.61 Å². The molecule has 0 saturated carbocycles. The zero-order valence-electron chi connectivity index (χ0n) is 21.2. The van der Waals surface area contributed by atoms with Crippen LogP contribution in [0.2, 0.25) is 0 Å². The number of carboxylic acid groups (broad SMARTS) is 1. The van der Waals surface area contributed by atoms with Gasteiger partial charge in [0, 0.05) is 50.2 Å². The fraction of sp³-hybridized carbons (Fsp3) is 0.560. The van der Waals surface area contributed by atoms with E-state index in [0.29, 0.717) is 51.6 Å². The molecule has 0 spiro atoms. The summed E-state index contributed by atoms with van der Waals surface area (Å²) in [5.74, 6) is -2.45. The largest absolute Gasteiger partial charge is 0.516 e. The molecule has 0 unspecified atom stereocenters. The second kappa shape index (κ2) is 16.8. The van der Waals surface area contributed by atoms with E-state index in [1.54, 1.807) is 0 Å². The van der Waals surface area contributed by atoms with Crippen LogP contribution in [0.5, 0.6) is 0 Å².